The molecule has 0 amide bonds. The fourth-order valence-corrected chi connectivity index (χ4v) is 2.22. The van der Waals surface area contributed by atoms with Gasteiger partial charge in [-0.2, -0.15) is 0 Å². The molecule has 4 heteroatoms. The zero-order valence-corrected chi connectivity index (χ0v) is 9.51. The first-order valence-corrected chi connectivity index (χ1v) is 5.83. The summed E-state index contributed by atoms with van der Waals surface area (Å²) in [5.41, 5.74) is 0.408. The van der Waals surface area contributed by atoms with Gasteiger partial charge in [-0.25, -0.2) is 8.78 Å². The lowest BCUT2D eigenvalue weighted by molar-refractivity contribution is -0.118. The van der Waals surface area contributed by atoms with Crippen LogP contribution < -0.4 is 5.32 Å². The fraction of sp³-hybridized carbons (Fsp3) is 0.462. The van der Waals surface area contributed by atoms with E-state index in [9.17, 15) is 13.6 Å². The number of nitrogens with one attached hydrogen (secondary N) is 1. The van der Waals surface area contributed by atoms with Gasteiger partial charge in [-0.15, -0.1) is 0 Å². The third-order valence-corrected chi connectivity index (χ3v) is 2.96. The largest absolute Gasteiger partial charge is 0.314 e. The van der Waals surface area contributed by atoms with Crippen LogP contribution in [0.3, 0.4) is 0 Å². The first-order chi connectivity index (χ1) is 8.13. The number of carbonyl (C=O) groups excluding carboxylic acids is 1. The maximum Gasteiger partial charge on any atom is 0.138 e. The molecule has 0 aliphatic carbocycles. The highest BCUT2D eigenvalue weighted by atomic mass is 19.1. The molecule has 2 rings (SSSR count). The normalized spacial score (nSPS) is 19.5. The lowest BCUT2D eigenvalue weighted by Crippen LogP contribution is -2.25. The Morgan fingerprint density at radius 1 is 1.29 bits per heavy atom. The Labute approximate surface area is 99.0 Å². The van der Waals surface area contributed by atoms with Gasteiger partial charge in [-0.1, -0.05) is 0 Å². The summed E-state index contributed by atoms with van der Waals surface area (Å²) in [7, 11) is 0. The van der Waals surface area contributed by atoms with Crippen LogP contribution in [0.2, 0.25) is 0 Å². The SMILES string of the molecule is O=C(Cc1cc(F)cc(F)c1)CC1CCCN1. The van der Waals surface area contributed by atoms with Gasteiger partial charge in [0, 0.05) is 24.9 Å². The topological polar surface area (TPSA) is 29.1 Å². The molecule has 1 aliphatic rings. The smallest absolute Gasteiger partial charge is 0.138 e. The van der Waals surface area contributed by atoms with E-state index in [0.717, 1.165) is 25.5 Å². The van der Waals surface area contributed by atoms with Crippen molar-refractivity contribution in [3.8, 4) is 0 Å². The summed E-state index contributed by atoms with van der Waals surface area (Å²) in [6.07, 6.45) is 2.64. The molecule has 0 spiro atoms. The minimum atomic E-state index is -0.633. The molecule has 17 heavy (non-hydrogen) atoms. The molecular formula is C13H15F2NO. The van der Waals surface area contributed by atoms with E-state index in [2.05, 4.69) is 5.32 Å². The van der Waals surface area contributed by atoms with Crippen molar-refractivity contribution in [2.24, 2.45) is 0 Å². The van der Waals surface area contributed by atoms with Crippen molar-refractivity contribution in [2.45, 2.75) is 31.7 Å². The maximum atomic E-state index is 12.9. The van der Waals surface area contributed by atoms with Gasteiger partial charge in [-0.3, -0.25) is 4.79 Å². The van der Waals surface area contributed by atoms with E-state index >= 15 is 0 Å². The predicted octanol–water partition coefficient (Wildman–Crippen LogP) is 2.22. The third-order valence-electron chi connectivity index (χ3n) is 2.96. The van der Waals surface area contributed by atoms with Crippen LogP contribution in [0.5, 0.6) is 0 Å². The summed E-state index contributed by atoms with van der Waals surface area (Å²) in [5, 5.41) is 3.23. The van der Waals surface area contributed by atoms with Crippen molar-refractivity contribution >= 4 is 5.78 Å². The number of halogens is 2. The molecule has 0 bridgehead atoms. The summed E-state index contributed by atoms with van der Waals surface area (Å²) < 4.78 is 25.8. The number of benzene rings is 1. The standard InChI is InChI=1S/C13H15F2NO/c14-10-4-9(5-11(15)7-10)6-13(17)8-12-2-1-3-16-12/h4-5,7,12,16H,1-3,6,8H2. The van der Waals surface area contributed by atoms with Crippen LogP contribution in [0.25, 0.3) is 0 Å². The number of rotatable bonds is 4. The molecule has 0 saturated carbocycles. The second-order valence-electron chi connectivity index (χ2n) is 4.49. The lowest BCUT2D eigenvalue weighted by atomic mass is 10.0. The van der Waals surface area contributed by atoms with Gasteiger partial charge in [0.2, 0.25) is 0 Å². The van der Waals surface area contributed by atoms with E-state index in [4.69, 9.17) is 0 Å². The zero-order valence-electron chi connectivity index (χ0n) is 9.51. The van der Waals surface area contributed by atoms with Crippen molar-refractivity contribution in [3.05, 3.63) is 35.4 Å². The Balaban J connectivity index is 1.92. The molecule has 0 radical (unpaired) electrons. The highest BCUT2D eigenvalue weighted by Crippen LogP contribution is 2.13. The Morgan fingerprint density at radius 2 is 2.00 bits per heavy atom. The molecule has 1 aliphatic heterocycles. The van der Waals surface area contributed by atoms with Crippen LogP contribution in [0.4, 0.5) is 8.78 Å². The van der Waals surface area contributed by atoms with Crippen LogP contribution in [0.15, 0.2) is 18.2 Å². The summed E-state index contributed by atoms with van der Waals surface area (Å²) in [6, 6.07) is 3.47. The highest BCUT2D eigenvalue weighted by molar-refractivity contribution is 5.81. The quantitative estimate of drug-likeness (QED) is 0.872. The summed E-state index contributed by atoms with van der Waals surface area (Å²) in [6.45, 7) is 0.951. The van der Waals surface area contributed by atoms with Crippen LogP contribution >= 0.6 is 0 Å². The fourth-order valence-electron chi connectivity index (χ4n) is 2.22. The van der Waals surface area contributed by atoms with Crippen molar-refractivity contribution in [1.82, 2.24) is 5.32 Å². The first kappa shape index (κ1) is 12.2. The van der Waals surface area contributed by atoms with E-state index in [1.54, 1.807) is 0 Å². The Kier molecular flexibility index (Phi) is 3.84. The van der Waals surface area contributed by atoms with Crippen LogP contribution in [0, 0.1) is 11.6 Å². The molecule has 1 saturated heterocycles. The average molecular weight is 239 g/mol. The molecule has 1 atom stereocenters. The number of carbonyl (C=O) groups is 1. The van der Waals surface area contributed by atoms with Crippen molar-refractivity contribution in [3.63, 3.8) is 0 Å². The Hall–Kier alpha value is -1.29. The summed E-state index contributed by atoms with van der Waals surface area (Å²) in [4.78, 5) is 11.7. The van der Waals surface area contributed by atoms with Crippen molar-refractivity contribution < 1.29 is 13.6 Å². The molecule has 0 aromatic heterocycles. The first-order valence-electron chi connectivity index (χ1n) is 5.83. The third kappa shape index (κ3) is 3.60. The average Bonchev–Trinajstić information content (AvgIpc) is 2.67. The second-order valence-corrected chi connectivity index (χ2v) is 4.49. The number of hydrogen-bond acceptors (Lipinski definition) is 2. The van der Waals surface area contributed by atoms with E-state index in [1.165, 1.54) is 12.1 Å². The number of hydrogen-bond donors (Lipinski definition) is 1. The van der Waals surface area contributed by atoms with Crippen LogP contribution in [0.1, 0.15) is 24.8 Å². The molecule has 1 fully saturated rings. The van der Waals surface area contributed by atoms with Gasteiger partial charge >= 0.3 is 0 Å². The van der Waals surface area contributed by atoms with E-state index in [1.807, 2.05) is 0 Å². The van der Waals surface area contributed by atoms with Crippen LogP contribution in [-0.2, 0) is 11.2 Å². The molecular weight excluding hydrogens is 224 g/mol. The molecule has 1 aromatic carbocycles. The molecule has 1 unspecified atom stereocenters. The molecule has 92 valence electrons. The van der Waals surface area contributed by atoms with Gasteiger partial charge < -0.3 is 5.32 Å². The van der Waals surface area contributed by atoms with Crippen molar-refractivity contribution in [1.29, 1.82) is 0 Å². The van der Waals surface area contributed by atoms with Gasteiger partial charge in [0.05, 0.1) is 0 Å². The van der Waals surface area contributed by atoms with E-state index in [-0.39, 0.29) is 18.2 Å². The van der Waals surface area contributed by atoms with Gasteiger partial charge in [0.1, 0.15) is 17.4 Å². The molecule has 1 aromatic rings. The van der Waals surface area contributed by atoms with E-state index in [0.29, 0.717) is 12.0 Å². The van der Waals surface area contributed by atoms with E-state index < -0.39 is 11.6 Å². The maximum absolute atomic E-state index is 12.9. The zero-order chi connectivity index (χ0) is 12.3. The predicted molar refractivity (Wildman–Crippen MR) is 60.7 cm³/mol. The number of ketones is 1. The number of Topliss-reactive ketones (excluding diaryl/α,β-unsaturated/α-hetero) is 1. The Morgan fingerprint density at radius 3 is 2.59 bits per heavy atom. The second kappa shape index (κ2) is 5.36. The summed E-state index contributed by atoms with van der Waals surface area (Å²) >= 11 is 0. The van der Waals surface area contributed by atoms with Crippen LogP contribution in [-0.4, -0.2) is 18.4 Å². The lowest BCUT2D eigenvalue weighted by Gasteiger charge is -2.08. The van der Waals surface area contributed by atoms with Crippen molar-refractivity contribution in [2.75, 3.05) is 6.54 Å². The highest BCUT2D eigenvalue weighted by Gasteiger charge is 2.17. The minimum absolute atomic E-state index is 0.0226. The Bertz CT molecular complexity index is 394. The molecule has 2 nitrogen and oxygen atoms in total. The van der Waals surface area contributed by atoms with Gasteiger partial charge in [0.15, 0.2) is 0 Å². The minimum Gasteiger partial charge on any atom is -0.314 e. The monoisotopic (exact) mass is 239 g/mol. The molecule has 1 N–H and O–H groups in total. The van der Waals surface area contributed by atoms with Gasteiger partial charge in [0.25, 0.3) is 0 Å². The molecule has 1 heterocycles. The van der Waals surface area contributed by atoms with Gasteiger partial charge in [-0.05, 0) is 37.1 Å². The summed E-state index contributed by atoms with van der Waals surface area (Å²) in [5.74, 6) is -1.24.